The monoisotopic (exact) mass is 342 g/mol. The number of rotatable bonds is 4. The van der Waals surface area contributed by atoms with E-state index < -0.39 is 11.0 Å². The van der Waals surface area contributed by atoms with Crippen molar-refractivity contribution in [2.75, 3.05) is 11.9 Å². The maximum absolute atomic E-state index is 11.7. The number of non-ortho nitro benzene ring substituents is 1. The Morgan fingerprint density at radius 2 is 1.80 bits per heavy atom. The van der Waals surface area contributed by atoms with E-state index in [1.807, 2.05) is 31.2 Å². The molecule has 0 aliphatic carbocycles. The van der Waals surface area contributed by atoms with Crippen LogP contribution in [0.3, 0.4) is 0 Å². The summed E-state index contributed by atoms with van der Waals surface area (Å²) >= 11 is 0. The molecule has 2 aromatic rings. The van der Waals surface area contributed by atoms with Gasteiger partial charge in [0.2, 0.25) is 5.96 Å². The fourth-order valence-corrected chi connectivity index (χ4v) is 1.90. The Labute approximate surface area is 144 Å². The number of guanidine groups is 1. The summed E-state index contributed by atoms with van der Waals surface area (Å²) in [6, 6.07) is 13.2. The van der Waals surface area contributed by atoms with E-state index in [-0.39, 0.29) is 18.3 Å². The van der Waals surface area contributed by atoms with Crippen LogP contribution in [0.15, 0.2) is 53.5 Å². The van der Waals surface area contributed by atoms with E-state index in [4.69, 9.17) is 4.74 Å². The van der Waals surface area contributed by atoms with Crippen LogP contribution in [-0.2, 0) is 4.74 Å². The lowest BCUT2D eigenvalue weighted by atomic mass is 10.2. The smallest absolute Gasteiger partial charge is 0.413 e. The van der Waals surface area contributed by atoms with Gasteiger partial charge in [0.05, 0.1) is 17.2 Å². The van der Waals surface area contributed by atoms with E-state index >= 15 is 0 Å². The number of carbonyl (C=O) groups excluding carboxylic acids is 1. The third-order valence-electron chi connectivity index (χ3n) is 3.11. The number of hydrogen-bond donors (Lipinski definition) is 2. The predicted octanol–water partition coefficient (Wildman–Crippen LogP) is 3.75. The topological polar surface area (TPSA) is 106 Å². The number of nitro benzene ring substituents is 1. The number of aryl methyl sites for hydroxylation is 1. The van der Waals surface area contributed by atoms with Crippen molar-refractivity contribution in [1.29, 1.82) is 0 Å². The minimum atomic E-state index is -0.650. The molecule has 0 aliphatic heterocycles. The van der Waals surface area contributed by atoms with E-state index in [0.29, 0.717) is 5.69 Å². The number of nitro groups is 1. The van der Waals surface area contributed by atoms with Crippen molar-refractivity contribution in [3.8, 4) is 0 Å². The van der Waals surface area contributed by atoms with Gasteiger partial charge in [0, 0.05) is 17.8 Å². The third kappa shape index (κ3) is 5.61. The summed E-state index contributed by atoms with van der Waals surface area (Å²) in [5, 5.41) is 16.2. The molecule has 1 amide bonds. The molecule has 0 aromatic heterocycles. The van der Waals surface area contributed by atoms with Gasteiger partial charge in [-0.1, -0.05) is 17.7 Å². The molecule has 130 valence electrons. The second kappa shape index (κ2) is 8.44. The number of anilines is 1. The summed E-state index contributed by atoms with van der Waals surface area (Å²) in [4.78, 5) is 26.2. The highest BCUT2D eigenvalue weighted by atomic mass is 16.6. The highest BCUT2D eigenvalue weighted by Crippen LogP contribution is 2.18. The van der Waals surface area contributed by atoms with Crippen molar-refractivity contribution in [3.05, 3.63) is 64.2 Å². The van der Waals surface area contributed by atoms with Gasteiger partial charge < -0.3 is 10.1 Å². The molecule has 0 heterocycles. The fourth-order valence-electron chi connectivity index (χ4n) is 1.90. The van der Waals surface area contributed by atoms with Gasteiger partial charge in [0.1, 0.15) is 0 Å². The first-order chi connectivity index (χ1) is 12.0. The zero-order valence-corrected chi connectivity index (χ0v) is 13.9. The molecule has 0 fully saturated rings. The van der Waals surface area contributed by atoms with Gasteiger partial charge in [-0.15, -0.1) is 0 Å². The van der Waals surface area contributed by atoms with Crippen LogP contribution in [0, 0.1) is 17.0 Å². The molecule has 2 N–H and O–H groups in total. The normalized spacial score (nSPS) is 10.9. The number of ether oxygens (including phenoxy) is 1. The largest absolute Gasteiger partial charge is 0.450 e. The molecular weight excluding hydrogens is 324 g/mol. The summed E-state index contributed by atoms with van der Waals surface area (Å²) in [7, 11) is 0. The summed E-state index contributed by atoms with van der Waals surface area (Å²) in [6.45, 7) is 3.88. The van der Waals surface area contributed by atoms with E-state index in [1.54, 1.807) is 6.92 Å². The zero-order chi connectivity index (χ0) is 18.2. The SMILES string of the molecule is CCOC(=O)NC(=Nc1ccc([N+](=O)[O-])cc1)Nc1ccc(C)cc1. The molecule has 0 aliphatic rings. The quantitative estimate of drug-likeness (QED) is 0.381. The molecule has 0 bridgehead atoms. The van der Waals surface area contributed by atoms with Crippen molar-refractivity contribution in [3.63, 3.8) is 0 Å². The zero-order valence-electron chi connectivity index (χ0n) is 13.9. The van der Waals surface area contributed by atoms with E-state index in [0.717, 1.165) is 11.3 Å². The van der Waals surface area contributed by atoms with Crippen LogP contribution in [0.1, 0.15) is 12.5 Å². The molecule has 0 unspecified atom stereocenters. The standard InChI is InChI=1S/C17H18N4O4/c1-3-25-17(22)20-16(18-13-6-4-12(2)5-7-13)19-14-8-10-15(11-9-14)21(23)24/h4-11H,3H2,1-2H3,(H2,18,19,20,22). The molecule has 0 spiro atoms. The minimum Gasteiger partial charge on any atom is -0.450 e. The van der Waals surface area contributed by atoms with Crippen LogP contribution < -0.4 is 10.6 Å². The number of amides is 1. The molecule has 25 heavy (non-hydrogen) atoms. The Hall–Kier alpha value is -3.42. The van der Waals surface area contributed by atoms with Gasteiger partial charge in [0.15, 0.2) is 0 Å². The van der Waals surface area contributed by atoms with Gasteiger partial charge in [0.25, 0.3) is 5.69 Å². The average Bonchev–Trinajstić information content (AvgIpc) is 2.57. The van der Waals surface area contributed by atoms with Crippen molar-refractivity contribution >= 4 is 29.1 Å². The lowest BCUT2D eigenvalue weighted by Gasteiger charge is -2.11. The highest BCUT2D eigenvalue weighted by molar-refractivity contribution is 6.03. The second-order valence-corrected chi connectivity index (χ2v) is 5.07. The van der Waals surface area contributed by atoms with Gasteiger partial charge in [-0.05, 0) is 38.1 Å². The summed E-state index contributed by atoms with van der Waals surface area (Å²) < 4.78 is 4.86. The van der Waals surface area contributed by atoms with Crippen LogP contribution in [0.5, 0.6) is 0 Å². The first-order valence-corrected chi connectivity index (χ1v) is 7.58. The molecule has 0 atom stereocenters. The van der Waals surface area contributed by atoms with Gasteiger partial charge in [-0.25, -0.2) is 9.79 Å². The molecule has 2 rings (SSSR count). The van der Waals surface area contributed by atoms with Crippen LogP contribution >= 0.6 is 0 Å². The maximum atomic E-state index is 11.7. The molecule has 8 nitrogen and oxygen atoms in total. The van der Waals surface area contributed by atoms with Crippen molar-refractivity contribution in [2.45, 2.75) is 13.8 Å². The van der Waals surface area contributed by atoms with Crippen LogP contribution in [0.25, 0.3) is 0 Å². The average molecular weight is 342 g/mol. The van der Waals surface area contributed by atoms with Gasteiger partial charge >= 0.3 is 6.09 Å². The Kier molecular flexibility index (Phi) is 6.05. The number of alkyl carbamates (subject to hydrolysis) is 1. The number of nitrogens with one attached hydrogen (secondary N) is 2. The van der Waals surface area contributed by atoms with Crippen LogP contribution in [0.2, 0.25) is 0 Å². The molecule has 0 saturated heterocycles. The van der Waals surface area contributed by atoms with Crippen molar-refractivity contribution < 1.29 is 14.5 Å². The lowest BCUT2D eigenvalue weighted by Crippen LogP contribution is -2.36. The van der Waals surface area contributed by atoms with E-state index in [2.05, 4.69) is 15.6 Å². The first kappa shape index (κ1) is 17.9. The van der Waals surface area contributed by atoms with Crippen molar-refractivity contribution in [1.82, 2.24) is 5.32 Å². The summed E-state index contributed by atoms with van der Waals surface area (Å²) in [5.74, 6) is 0.149. The van der Waals surface area contributed by atoms with Gasteiger partial charge in [-0.2, -0.15) is 0 Å². The second-order valence-electron chi connectivity index (χ2n) is 5.07. The minimum absolute atomic E-state index is 0.0367. The maximum Gasteiger partial charge on any atom is 0.413 e. The highest BCUT2D eigenvalue weighted by Gasteiger charge is 2.09. The molecule has 2 aromatic carbocycles. The molecular formula is C17H18N4O4. The molecule has 0 radical (unpaired) electrons. The molecule has 8 heteroatoms. The lowest BCUT2D eigenvalue weighted by molar-refractivity contribution is -0.384. The molecule has 0 saturated carbocycles. The number of aliphatic imine (C=N–C) groups is 1. The number of benzene rings is 2. The van der Waals surface area contributed by atoms with Crippen LogP contribution in [-0.4, -0.2) is 23.6 Å². The van der Waals surface area contributed by atoms with Crippen LogP contribution in [0.4, 0.5) is 21.9 Å². The summed E-state index contributed by atoms with van der Waals surface area (Å²) in [6.07, 6.45) is -0.650. The van der Waals surface area contributed by atoms with E-state index in [1.165, 1.54) is 24.3 Å². The number of carbonyl (C=O) groups is 1. The fraction of sp³-hybridized carbons (Fsp3) is 0.176. The van der Waals surface area contributed by atoms with Gasteiger partial charge in [-0.3, -0.25) is 15.4 Å². The summed E-state index contributed by atoms with van der Waals surface area (Å²) in [5.41, 5.74) is 2.23. The Balaban J connectivity index is 2.24. The number of nitrogens with zero attached hydrogens (tertiary/aromatic N) is 2. The Morgan fingerprint density at radius 3 is 2.36 bits per heavy atom. The number of hydrogen-bond acceptors (Lipinski definition) is 5. The van der Waals surface area contributed by atoms with Crippen molar-refractivity contribution in [2.24, 2.45) is 4.99 Å². The first-order valence-electron chi connectivity index (χ1n) is 7.58. The van der Waals surface area contributed by atoms with E-state index in [9.17, 15) is 14.9 Å². The predicted molar refractivity (Wildman–Crippen MR) is 95.2 cm³/mol. The third-order valence-corrected chi connectivity index (χ3v) is 3.11. The Morgan fingerprint density at radius 1 is 1.16 bits per heavy atom. The Bertz CT molecular complexity index is 770.